The van der Waals surface area contributed by atoms with Crippen LogP contribution in [0.25, 0.3) is 0 Å². The molecule has 4 rings (SSSR count). The van der Waals surface area contributed by atoms with Crippen molar-refractivity contribution in [2.45, 2.75) is 77.4 Å². The lowest BCUT2D eigenvalue weighted by atomic mass is 9.85. The molecule has 8 nitrogen and oxygen atoms in total. The number of carbonyl (C=O) groups excluding carboxylic acids is 2. The number of hydrogen-bond donors (Lipinski definition) is 3. The second kappa shape index (κ2) is 11.2. The molecule has 0 atom stereocenters. The number of fused-ring (bicyclic) bond motifs is 1. The lowest BCUT2D eigenvalue weighted by Gasteiger charge is -2.32. The van der Waals surface area contributed by atoms with Gasteiger partial charge in [-0.1, -0.05) is 39.0 Å². The summed E-state index contributed by atoms with van der Waals surface area (Å²) in [5.41, 5.74) is 4.73. The van der Waals surface area contributed by atoms with Crippen LogP contribution in [-0.4, -0.2) is 40.7 Å². The number of amides is 3. The number of urea groups is 1. The third kappa shape index (κ3) is 7.24. The molecule has 0 unspecified atom stereocenters. The molecule has 1 heterocycles. The summed E-state index contributed by atoms with van der Waals surface area (Å²) in [5, 5.41) is 14.8. The van der Waals surface area contributed by atoms with Gasteiger partial charge in [0.15, 0.2) is 0 Å². The average Bonchev–Trinajstić information content (AvgIpc) is 2.84. The van der Waals surface area contributed by atoms with Crippen LogP contribution in [0.4, 0.5) is 21.0 Å². The van der Waals surface area contributed by atoms with Crippen molar-refractivity contribution in [2.24, 2.45) is 5.92 Å². The smallest absolute Gasteiger partial charge is 0.410 e. The zero-order valence-corrected chi connectivity index (χ0v) is 21.9. The Balaban J connectivity index is 1.28. The second-order valence-electron chi connectivity index (χ2n) is 11.2. The van der Waals surface area contributed by atoms with E-state index in [1.165, 1.54) is 0 Å². The van der Waals surface area contributed by atoms with Crippen LogP contribution < -0.4 is 10.6 Å². The second-order valence-corrected chi connectivity index (χ2v) is 11.2. The number of aliphatic carboxylic acids is 1. The zero-order valence-electron chi connectivity index (χ0n) is 21.9. The Kier molecular flexibility index (Phi) is 8.05. The zero-order chi connectivity index (χ0) is 26.6. The number of hydrogen-bond acceptors (Lipinski definition) is 4. The minimum atomic E-state index is -0.766. The first-order chi connectivity index (χ1) is 17.6. The third-order valence-electron chi connectivity index (χ3n) is 7.25. The largest absolute Gasteiger partial charge is 0.481 e. The molecular formula is C29H37N3O5. The van der Waals surface area contributed by atoms with Crippen LogP contribution in [0.2, 0.25) is 0 Å². The lowest BCUT2D eigenvalue weighted by molar-refractivity contribution is -0.138. The summed E-state index contributed by atoms with van der Waals surface area (Å²) in [6.07, 6.45) is 3.39. The highest BCUT2D eigenvalue weighted by atomic mass is 16.6. The van der Waals surface area contributed by atoms with Crippen LogP contribution in [-0.2, 0) is 27.9 Å². The molecule has 2 aromatic carbocycles. The van der Waals surface area contributed by atoms with Gasteiger partial charge in [0, 0.05) is 30.9 Å². The Bertz CT molecular complexity index is 1150. The molecule has 0 aromatic heterocycles. The van der Waals surface area contributed by atoms with E-state index in [0.717, 1.165) is 35.2 Å². The molecule has 0 radical (unpaired) electrons. The topological polar surface area (TPSA) is 108 Å². The van der Waals surface area contributed by atoms with Crippen LogP contribution in [0.3, 0.4) is 0 Å². The van der Waals surface area contributed by atoms with Crippen LogP contribution in [0.15, 0.2) is 42.5 Å². The van der Waals surface area contributed by atoms with Gasteiger partial charge in [0.1, 0.15) is 6.10 Å². The molecule has 0 spiro atoms. The van der Waals surface area contributed by atoms with Gasteiger partial charge >= 0.3 is 18.1 Å². The number of carboxylic acids is 1. The van der Waals surface area contributed by atoms with Gasteiger partial charge in [-0.05, 0) is 84.4 Å². The first-order valence-electron chi connectivity index (χ1n) is 13.0. The van der Waals surface area contributed by atoms with E-state index in [1.54, 1.807) is 4.90 Å². The van der Waals surface area contributed by atoms with Gasteiger partial charge in [0.25, 0.3) is 0 Å². The summed E-state index contributed by atoms with van der Waals surface area (Å²) in [7, 11) is 0. The summed E-state index contributed by atoms with van der Waals surface area (Å²) in [6, 6.07) is 13.3. The molecule has 1 saturated carbocycles. The molecule has 3 N–H and O–H groups in total. The highest BCUT2D eigenvalue weighted by Crippen LogP contribution is 2.30. The Morgan fingerprint density at radius 3 is 2.35 bits per heavy atom. The third-order valence-corrected chi connectivity index (χ3v) is 7.25. The van der Waals surface area contributed by atoms with Crippen molar-refractivity contribution >= 4 is 29.5 Å². The highest BCUT2D eigenvalue weighted by molar-refractivity contribution is 5.99. The molecule has 198 valence electrons. The van der Waals surface area contributed by atoms with Crippen molar-refractivity contribution in [3.63, 3.8) is 0 Å². The van der Waals surface area contributed by atoms with Crippen molar-refractivity contribution in [1.82, 2.24) is 4.90 Å². The maximum Gasteiger partial charge on any atom is 0.410 e. The van der Waals surface area contributed by atoms with Crippen LogP contribution in [0.1, 0.15) is 69.6 Å². The van der Waals surface area contributed by atoms with E-state index in [1.807, 2.05) is 36.4 Å². The summed E-state index contributed by atoms with van der Waals surface area (Å²) >= 11 is 0. The molecule has 1 fully saturated rings. The number of anilines is 2. The molecule has 3 amide bonds. The predicted molar refractivity (Wildman–Crippen MR) is 143 cm³/mol. The number of nitrogens with one attached hydrogen (secondary N) is 2. The maximum absolute atomic E-state index is 12.8. The fourth-order valence-electron chi connectivity index (χ4n) is 5.06. The minimum Gasteiger partial charge on any atom is -0.481 e. The van der Waals surface area contributed by atoms with Gasteiger partial charge in [-0.2, -0.15) is 0 Å². The SMILES string of the molecule is CC(C)(C)c1cccc(NC(=O)Nc2ccc3c(c2)CCN(C(=O)O[C@H]2CC[C@H](CC(=O)O)CC2)C3)c1. The van der Waals surface area contributed by atoms with E-state index in [0.29, 0.717) is 38.0 Å². The van der Waals surface area contributed by atoms with E-state index >= 15 is 0 Å². The van der Waals surface area contributed by atoms with E-state index in [2.05, 4.69) is 37.5 Å². The normalized spacial score (nSPS) is 19.5. The molecule has 2 aliphatic rings. The lowest BCUT2D eigenvalue weighted by Crippen LogP contribution is -2.39. The quantitative estimate of drug-likeness (QED) is 0.449. The summed E-state index contributed by atoms with van der Waals surface area (Å²) in [4.78, 5) is 38.0. The fourth-order valence-corrected chi connectivity index (χ4v) is 5.06. The van der Waals surface area contributed by atoms with Crippen molar-refractivity contribution in [2.75, 3.05) is 17.2 Å². The standard InChI is InChI=1S/C29H37N3O5/c1-29(2,3)22-5-4-6-23(17-22)30-27(35)31-24-10-9-21-18-32(14-13-20(21)16-24)28(36)37-25-11-7-19(8-12-25)15-26(33)34/h4-6,9-10,16-17,19,25H,7-8,11-15,18H2,1-3H3,(H,33,34)(H2,30,31,35)/t19-,25-. The van der Waals surface area contributed by atoms with Gasteiger partial charge < -0.3 is 25.4 Å². The van der Waals surface area contributed by atoms with Gasteiger partial charge in [0.2, 0.25) is 0 Å². The van der Waals surface area contributed by atoms with E-state index in [4.69, 9.17) is 9.84 Å². The fraction of sp³-hybridized carbons (Fsp3) is 0.483. The van der Waals surface area contributed by atoms with Crippen molar-refractivity contribution in [1.29, 1.82) is 0 Å². The van der Waals surface area contributed by atoms with Crippen molar-refractivity contribution < 1.29 is 24.2 Å². The number of carboxylic acid groups (broad SMARTS) is 1. The van der Waals surface area contributed by atoms with Crippen LogP contribution >= 0.6 is 0 Å². The van der Waals surface area contributed by atoms with Crippen LogP contribution in [0, 0.1) is 5.92 Å². The molecule has 1 aliphatic heterocycles. The van der Waals surface area contributed by atoms with Crippen molar-refractivity contribution in [3.8, 4) is 0 Å². The summed E-state index contributed by atoms with van der Waals surface area (Å²) < 4.78 is 5.74. The molecule has 37 heavy (non-hydrogen) atoms. The first kappa shape index (κ1) is 26.5. The van der Waals surface area contributed by atoms with E-state index < -0.39 is 5.97 Å². The molecule has 8 heteroatoms. The van der Waals surface area contributed by atoms with E-state index in [-0.39, 0.29) is 36.0 Å². The molecule has 0 bridgehead atoms. The number of nitrogens with zero attached hydrogens (tertiary/aromatic N) is 1. The van der Waals surface area contributed by atoms with Crippen molar-refractivity contribution in [3.05, 3.63) is 59.2 Å². The van der Waals surface area contributed by atoms with Gasteiger partial charge in [0.05, 0.1) is 0 Å². The molecule has 1 aliphatic carbocycles. The summed E-state index contributed by atoms with van der Waals surface area (Å²) in [5.74, 6) is -0.592. The van der Waals surface area contributed by atoms with Crippen LogP contribution in [0.5, 0.6) is 0 Å². The Morgan fingerprint density at radius 2 is 1.68 bits per heavy atom. The van der Waals surface area contributed by atoms with Gasteiger partial charge in [-0.3, -0.25) is 4.79 Å². The highest BCUT2D eigenvalue weighted by Gasteiger charge is 2.28. The average molecular weight is 508 g/mol. The minimum absolute atomic E-state index is 0.00557. The van der Waals surface area contributed by atoms with E-state index in [9.17, 15) is 14.4 Å². The monoisotopic (exact) mass is 507 g/mol. The first-order valence-corrected chi connectivity index (χ1v) is 13.0. The molecular weight excluding hydrogens is 470 g/mol. The Hall–Kier alpha value is -3.55. The Morgan fingerprint density at radius 1 is 0.973 bits per heavy atom. The number of rotatable bonds is 5. The maximum atomic E-state index is 12.8. The Labute approximate surface area is 218 Å². The van der Waals surface area contributed by atoms with Gasteiger partial charge in [-0.15, -0.1) is 0 Å². The van der Waals surface area contributed by atoms with Gasteiger partial charge in [-0.25, -0.2) is 9.59 Å². The molecule has 2 aromatic rings. The molecule has 0 saturated heterocycles. The summed E-state index contributed by atoms with van der Waals surface area (Å²) in [6.45, 7) is 7.42. The number of carbonyl (C=O) groups is 3. The predicted octanol–water partition coefficient (Wildman–Crippen LogP) is 6.16. The number of benzene rings is 2. The number of ether oxygens (including phenoxy) is 1.